The Kier molecular flexibility index (Phi) is 5.76. The lowest BCUT2D eigenvalue weighted by Crippen LogP contribution is -2.45. The van der Waals surface area contributed by atoms with Crippen molar-refractivity contribution in [1.29, 1.82) is 0 Å². The second-order valence-corrected chi connectivity index (χ2v) is 5.79. The van der Waals surface area contributed by atoms with E-state index in [4.69, 9.17) is 11.6 Å². The van der Waals surface area contributed by atoms with Crippen LogP contribution in [0.25, 0.3) is 0 Å². The Hall–Kier alpha value is -1.13. The molecule has 1 rings (SSSR count). The first kappa shape index (κ1) is 15.9. The molecule has 0 spiro atoms. The highest BCUT2D eigenvalue weighted by atomic mass is 35.5. The normalized spacial score (nSPS) is 12.8. The molecule has 4 nitrogen and oxygen atoms in total. The highest BCUT2D eigenvalue weighted by molar-refractivity contribution is 6.29. The van der Waals surface area contributed by atoms with Crippen molar-refractivity contribution in [3.8, 4) is 0 Å². The predicted molar refractivity (Wildman–Crippen MR) is 78.6 cm³/mol. The van der Waals surface area contributed by atoms with Gasteiger partial charge in [0.2, 0.25) is 0 Å². The fourth-order valence-corrected chi connectivity index (χ4v) is 2.08. The first-order chi connectivity index (χ1) is 8.79. The van der Waals surface area contributed by atoms with E-state index in [2.05, 4.69) is 29.0 Å². The summed E-state index contributed by atoms with van der Waals surface area (Å²) in [7, 11) is 3.99. The number of amides is 1. The Morgan fingerprint density at radius 2 is 2.05 bits per heavy atom. The number of hydrogen-bond donors (Lipinski definition) is 1. The van der Waals surface area contributed by atoms with E-state index >= 15 is 0 Å². The van der Waals surface area contributed by atoms with Crippen molar-refractivity contribution in [3.05, 3.63) is 28.5 Å². The molecule has 1 amide bonds. The van der Waals surface area contributed by atoms with Gasteiger partial charge in [-0.15, -0.1) is 0 Å². The van der Waals surface area contributed by atoms with Gasteiger partial charge in [-0.25, -0.2) is 4.98 Å². The lowest BCUT2D eigenvalue weighted by Gasteiger charge is -2.25. The van der Waals surface area contributed by atoms with Crippen LogP contribution in [-0.2, 0) is 0 Å². The third kappa shape index (κ3) is 5.17. The lowest BCUT2D eigenvalue weighted by atomic mass is 10.0. The first-order valence-corrected chi connectivity index (χ1v) is 6.77. The van der Waals surface area contributed by atoms with Crippen molar-refractivity contribution in [3.63, 3.8) is 0 Å². The summed E-state index contributed by atoms with van der Waals surface area (Å²) in [5.74, 6) is 0.262. The number of aryl methyl sites for hydroxylation is 1. The molecule has 1 atom stereocenters. The molecule has 0 aliphatic heterocycles. The van der Waals surface area contributed by atoms with Crippen LogP contribution in [0.15, 0.2) is 12.1 Å². The minimum absolute atomic E-state index is 0.104. The number of nitrogens with zero attached hydrogens (tertiary/aromatic N) is 2. The van der Waals surface area contributed by atoms with E-state index in [1.54, 1.807) is 12.1 Å². The van der Waals surface area contributed by atoms with E-state index < -0.39 is 0 Å². The zero-order chi connectivity index (χ0) is 14.6. The van der Waals surface area contributed by atoms with Crippen LogP contribution in [-0.4, -0.2) is 42.5 Å². The molecule has 0 radical (unpaired) electrons. The second-order valence-electron chi connectivity index (χ2n) is 5.41. The number of rotatable bonds is 5. The summed E-state index contributed by atoms with van der Waals surface area (Å²) < 4.78 is 0. The number of aromatic nitrogens is 1. The second kappa shape index (κ2) is 6.87. The third-order valence-corrected chi connectivity index (χ3v) is 3.06. The van der Waals surface area contributed by atoms with Crippen LogP contribution in [0.3, 0.4) is 0 Å². The molecule has 0 fully saturated rings. The summed E-state index contributed by atoms with van der Waals surface area (Å²) in [4.78, 5) is 18.4. The van der Waals surface area contributed by atoms with Gasteiger partial charge < -0.3 is 10.2 Å². The molecule has 1 aromatic heterocycles. The van der Waals surface area contributed by atoms with Gasteiger partial charge >= 0.3 is 0 Å². The van der Waals surface area contributed by atoms with Crippen LogP contribution in [0.4, 0.5) is 0 Å². The fraction of sp³-hybridized carbons (Fsp3) is 0.571. The highest BCUT2D eigenvalue weighted by Gasteiger charge is 2.18. The molecule has 0 bridgehead atoms. The zero-order valence-electron chi connectivity index (χ0n) is 12.2. The van der Waals surface area contributed by atoms with Crippen molar-refractivity contribution in [2.24, 2.45) is 5.92 Å². The minimum atomic E-state index is -0.104. The quantitative estimate of drug-likeness (QED) is 0.844. The summed E-state index contributed by atoms with van der Waals surface area (Å²) in [6.07, 6.45) is 0. The molecule has 1 heterocycles. The molecule has 0 saturated carbocycles. The Morgan fingerprint density at radius 1 is 1.42 bits per heavy atom. The fourth-order valence-electron chi connectivity index (χ4n) is 1.83. The summed E-state index contributed by atoms with van der Waals surface area (Å²) in [6.45, 7) is 6.82. The van der Waals surface area contributed by atoms with Crippen molar-refractivity contribution in [1.82, 2.24) is 15.2 Å². The molecule has 106 valence electrons. The monoisotopic (exact) mass is 283 g/mol. The largest absolute Gasteiger partial charge is 0.348 e. The number of carbonyl (C=O) groups excluding carboxylic acids is 1. The van der Waals surface area contributed by atoms with Crippen molar-refractivity contribution in [2.75, 3.05) is 20.6 Å². The SMILES string of the molecule is Cc1cc(C(=O)NC(CN(C)C)C(C)C)cc(Cl)n1. The summed E-state index contributed by atoms with van der Waals surface area (Å²) >= 11 is 5.88. The van der Waals surface area contributed by atoms with Crippen LogP contribution in [0.1, 0.15) is 29.9 Å². The topological polar surface area (TPSA) is 45.2 Å². The highest BCUT2D eigenvalue weighted by Crippen LogP contribution is 2.11. The zero-order valence-corrected chi connectivity index (χ0v) is 13.0. The number of likely N-dealkylation sites (N-methyl/N-ethyl adjacent to an activating group) is 1. The van der Waals surface area contributed by atoms with Crippen LogP contribution >= 0.6 is 11.6 Å². The molecule has 1 unspecified atom stereocenters. The molecule has 19 heavy (non-hydrogen) atoms. The molecule has 0 saturated heterocycles. The van der Waals surface area contributed by atoms with E-state index in [0.29, 0.717) is 16.6 Å². The molecular formula is C14H22ClN3O. The molecular weight excluding hydrogens is 262 g/mol. The van der Waals surface area contributed by atoms with E-state index in [-0.39, 0.29) is 11.9 Å². The first-order valence-electron chi connectivity index (χ1n) is 6.39. The number of carbonyl (C=O) groups is 1. The van der Waals surface area contributed by atoms with Gasteiger partial charge in [0.15, 0.2) is 0 Å². The average Bonchev–Trinajstić information content (AvgIpc) is 2.25. The molecule has 0 aromatic carbocycles. The van der Waals surface area contributed by atoms with Gasteiger partial charge in [-0.05, 0) is 39.1 Å². The van der Waals surface area contributed by atoms with Crippen molar-refractivity contribution >= 4 is 17.5 Å². The van der Waals surface area contributed by atoms with E-state index in [9.17, 15) is 4.79 Å². The Morgan fingerprint density at radius 3 is 2.53 bits per heavy atom. The maximum atomic E-state index is 12.2. The van der Waals surface area contributed by atoms with Gasteiger partial charge in [0.25, 0.3) is 5.91 Å². The van der Waals surface area contributed by atoms with Gasteiger partial charge in [0.05, 0.1) is 0 Å². The number of halogens is 1. The Balaban J connectivity index is 2.81. The average molecular weight is 284 g/mol. The van der Waals surface area contributed by atoms with E-state index in [1.807, 2.05) is 21.0 Å². The van der Waals surface area contributed by atoms with Gasteiger partial charge in [-0.1, -0.05) is 25.4 Å². The molecule has 0 aliphatic rings. The van der Waals surface area contributed by atoms with E-state index in [1.165, 1.54) is 0 Å². The van der Waals surface area contributed by atoms with Crippen LogP contribution < -0.4 is 5.32 Å². The number of pyridine rings is 1. The van der Waals surface area contributed by atoms with Gasteiger partial charge in [0.1, 0.15) is 5.15 Å². The van der Waals surface area contributed by atoms with Crippen molar-refractivity contribution in [2.45, 2.75) is 26.8 Å². The van der Waals surface area contributed by atoms with Gasteiger partial charge in [-0.3, -0.25) is 4.79 Å². The Bertz CT molecular complexity index is 426. The summed E-state index contributed by atoms with van der Waals surface area (Å²) in [5.41, 5.74) is 1.30. The summed E-state index contributed by atoms with van der Waals surface area (Å²) in [6, 6.07) is 3.44. The van der Waals surface area contributed by atoms with Gasteiger partial charge in [0, 0.05) is 23.8 Å². The number of nitrogens with one attached hydrogen (secondary N) is 1. The predicted octanol–water partition coefficient (Wildman–Crippen LogP) is 2.36. The standard InChI is InChI=1S/C14H22ClN3O/c1-9(2)12(8-18(4)5)17-14(19)11-6-10(3)16-13(15)7-11/h6-7,9,12H,8H2,1-5H3,(H,17,19). The summed E-state index contributed by atoms with van der Waals surface area (Å²) in [5, 5.41) is 3.40. The maximum Gasteiger partial charge on any atom is 0.251 e. The Labute approximate surface area is 120 Å². The minimum Gasteiger partial charge on any atom is -0.348 e. The maximum absolute atomic E-state index is 12.2. The lowest BCUT2D eigenvalue weighted by molar-refractivity contribution is 0.0916. The van der Waals surface area contributed by atoms with Crippen LogP contribution in [0, 0.1) is 12.8 Å². The van der Waals surface area contributed by atoms with Crippen LogP contribution in [0.5, 0.6) is 0 Å². The van der Waals surface area contributed by atoms with E-state index in [0.717, 1.165) is 12.2 Å². The third-order valence-electron chi connectivity index (χ3n) is 2.87. The smallest absolute Gasteiger partial charge is 0.251 e. The molecule has 5 heteroatoms. The van der Waals surface area contributed by atoms with Crippen LogP contribution in [0.2, 0.25) is 5.15 Å². The molecule has 1 aromatic rings. The molecule has 1 N–H and O–H groups in total. The van der Waals surface area contributed by atoms with Gasteiger partial charge in [-0.2, -0.15) is 0 Å². The number of hydrogen-bond acceptors (Lipinski definition) is 3. The molecule has 0 aliphatic carbocycles. The van der Waals surface area contributed by atoms with Crippen molar-refractivity contribution < 1.29 is 4.79 Å².